The number of hydrogen-bond donors (Lipinski definition) is 2. The Labute approximate surface area is 170 Å². The summed E-state index contributed by atoms with van der Waals surface area (Å²) in [5.74, 6) is -0.796. The molecule has 0 bridgehead atoms. The van der Waals surface area contributed by atoms with E-state index in [4.69, 9.17) is 4.74 Å². The molecule has 3 rings (SSSR count). The number of rotatable bonds is 4. The highest BCUT2D eigenvalue weighted by Crippen LogP contribution is 2.42. The highest BCUT2D eigenvalue weighted by molar-refractivity contribution is 9.13. The van der Waals surface area contributed by atoms with Gasteiger partial charge in [0.15, 0.2) is 11.5 Å². The van der Waals surface area contributed by atoms with Crippen molar-refractivity contribution in [1.82, 2.24) is 10.2 Å². The molecule has 0 radical (unpaired) electrons. The average Bonchev–Trinajstić information content (AvgIpc) is 2.91. The van der Waals surface area contributed by atoms with Crippen LogP contribution in [0.5, 0.6) is 11.5 Å². The fourth-order valence-electron chi connectivity index (χ4n) is 2.52. The molecule has 6 nitrogen and oxygen atoms in total. The Morgan fingerprint density at radius 2 is 1.89 bits per heavy atom. The Bertz CT molecular complexity index is 961. The monoisotopic (exact) mass is 498 g/mol. The number of methoxy groups -OCH3 is 1. The summed E-state index contributed by atoms with van der Waals surface area (Å²) < 4.78 is 19.0. The molecule has 1 saturated heterocycles. The van der Waals surface area contributed by atoms with E-state index in [1.54, 1.807) is 0 Å². The Hall–Kier alpha value is -2.39. The number of hydrogen-bond acceptors (Lipinski definition) is 4. The van der Waals surface area contributed by atoms with Gasteiger partial charge < -0.3 is 15.2 Å². The largest absolute Gasteiger partial charge is 0.503 e. The highest BCUT2D eigenvalue weighted by atomic mass is 79.9. The molecule has 0 aliphatic carbocycles. The van der Waals surface area contributed by atoms with Crippen molar-refractivity contribution in [3.63, 3.8) is 0 Å². The number of halogens is 3. The van der Waals surface area contributed by atoms with Crippen molar-refractivity contribution in [3.8, 4) is 11.5 Å². The quantitative estimate of drug-likeness (QED) is 0.489. The number of phenolic OH excluding ortho intramolecular Hbond substituents is 1. The van der Waals surface area contributed by atoms with Gasteiger partial charge in [0.1, 0.15) is 11.5 Å². The van der Waals surface area contributed by atoms with Crippen LogP contribution in [-0.2, 0) is 11.3 Å². The van der Waals surface area contributed by atoms with Crippen molar-refractivity contribution in [2.45, 2.75) is 6.54 Å². The van der Waals surface area contributed by atoms with Gasteiger partial charge in [-0.15, -0.1) is 0 Å². The van der Waals surface area contributed by atoms with Gasteiger partial charge in [0.25, 0.3) is 5.91 Å². The average molecular weight is 500 g/mol. The van der Waals surface area contributed by atoms with Crippen molar-refractivity contribution < 1.29 is 23.8 Å². The molecule has 1 fully saturated rings. The summed E-state index contributed by atoms with van der Waals surface area (Å²) in [6.45, 7) is 0.0199. The number of urea groups is 1. The molecular formula is C18H13Br2FN2O4. The highest BCUT2D eigenvalue weighted by Gasteiger charge is 2.33. The third-order valence-electron chi connectivity index (χ3n) is 3.91. The van der Waals surface area contributed by atoms with Gasteiger partial charge in [-0.05, 0) is 67.3 Å². The first kappa shape index (κ1) is 19.4. The number of nitrogens with zero attached hydrogens (tertiary/aromatic N) is 1. The van der Waals surface area contributed by atoms with Crippen molar-refractivity contribution >= 4 is 49.9 Å². The van der Waals surface area contributed by atoms with Crippen LogP contribution in [0.25, 0.3) is 6.08 Å². The summed E-state index contributed by atoms with van der Waals surface area (Å²) in [4.78, 5) is 25.8. The van der Waals surface area contributed by atoms with Gasteiger partial charge in [-0.2, -0.15) is 0 Å². The van der Waals surface area contributed by atoms with Crippen LogP contribution in [0.3, 0.4) is 0 Å². The second-order valence-electron chi connectivity index (χ2n) is 5.65. The van der Waals surface area contributed by atoms with E-state index < -0.39 is 17.8 Å². The van der Waals surface area contributed by atoms with Crippen LogP contribution in [0.1, 0.15) is 11.1 Å². The van der Waals surface area contributed by atoms with Gasteiger partial charge in [0.2, 0.25) is 0 Å². The third-order valence-corrected chi connectivity index (χ3v) is 6.07. The molecule has 0 saturated carbocycles. The zero-order valence-corrected chi connectivity index (χ0v) is 17.1. The maximum absolute atomic E-state index is 13.0. The van der Waals surface area contributed by atoms with E-state index in [0.717, 1.165) is 4.90 Å². The van der Waals surface area contributed by atoms with Gasteiger partial charge in [0.05, 0.1) is 18.1 Å². The van der Waals surface area contributed by atoms with E-state index in [1.165, 1.54) is 43.5 Å². The lowest BCUT2D eigenvalue weighted by Gasteiger charge is -2.12. The molecular weight excluding hydrogens is 487 g/mol. The number of ether oxygens (including phenoxy) is 1. The Kier molecular flexibility index (Phi) is 5.52. The second-order valence-corrected chi connectivity index (χ2v) is 7.24. The Balaban J connectivity index is 1.90. The van der Waals surface area contributed by atoms with E-state index >= 15 is 0 Å². The predicted molar refractivity (Wildman–Crippen MR) is 104 cm³/mol. The minimum atomic E-state index is -0.573. The summed E-state index contributed by atoms with van der Waals surface area (Å²) in [7, 11) is 1.40. The van der Waals surface area contributed by atoms with E-state index in [9.17, 15) is 19.1 Å². The van der Waals surface area contributed by atoms with Crippen LogP contribution in [-0.4, -0.2) is 29.1 Å². The summed E-state index contributed by atoms with van der Waals surface area (Å²) >= 11 is 6.57. The molecule has 2 N–H and O–H groups in total. The first-order valence-electron chi connectivity index (χ1n) is 7.65. The maximum Gasteiger partial charge on any atom is 0.329 e. The SMILES string of the molecule is COc1cc(/C=C2/NC(=O)N(Cc3ccc(F)cc3)C2=O)c(Br)c(Br)c1O. The lowest BCUT2D eigenvalue weighted by atomic mass is 10.1. The van der Waals surface area contributed by atoms with Crippen LogP contribution in [0, 0.1) is 5.82 Å². The first-order chi connectivity index (χ1) is 12.8. The number of carbonyl (C=O) groups is 2. The molecule has 9 heteroatoms. The Morgan fingerprint density at radius 1 is 1.22 bits per heavy atom. The molecule has 3 amide bonds. The summed E-state index contributed by atoms with van der Waals surface area (Å²) in [5.41, 5.74) is 1.21. The zero-order valence-electron chi connectivity index (χ0n) is 13.9. The molecule has 2 aromatic rings. The molecule has 2 aromatic carbocycles. The lowest BCUT2D eigenvalue weighted by molar-refractivity contribution is -0.123. The van der Waals surface area contributed by atoms with Gasteiger partial charge in [-0.1, -0.05) is 12.1 Å². The molecule has 1 aliphatic rings. The van der Waals surface area contributed by atoms with Crippen LogP contribution in [0.15, 0.2) is 45.0 Å². The van der Waals surface area contributed by atoms with Crippen molar-refractivity contribution in [2.24, 2.45) is 0 Å². The fourth-order valence-corrected chi connectivity index (χ4v) is 3.36. The number of nitrogens with one attached hydrogen (secondary N) is 1. The number of imide groups is 1. The van der Waals surface area contributed by atoms with Crippen LogP contribution in [0.2, 0.25) is 0 Å². The topological polar surface area (TPSA) is 78.9 Å². The smallest absolute Gasteiger partial charge is 0.329 e. The van der Waals surface area contributed by atoms with Crippen molar-refractivity contribution in [2.75, 3.05) is 7.11 Å². The van der Waals surface area contributed by atoms with Gasteiger partial charge in [-0.3, -0.25) is 9.69 Å². The Morgan fingerprint density at radius 3 is 2.52 bits per heavy atom. The van der Waals surface area contributed by atoms with Crippen LogP contribution >= 0.6 is 31.9 Å². The van der Waals surface area contributed by atoms with Crippen LogP contribution in [0.4, 0.5) is 9.18 Å². The summed E-state index contributed by atoms with van der Waals surface area (Å²) in [6, 6.07) is 6.51. The molecule has 1 aliphatic heterocycles. The van der Waals surface area contributed by atoms with E-state index in [1.807, 2.05) is 0 Å². The second kappa shape index (κ2) is 7.69. The minimum Gasteiger partial charge on any atom is -0.503 e. The molecule has 0 unspecified atom stereocenters. The fraction of sp³-hybridized carbons (Fsp3) is 0.111. The number of benzene rings is 2. The molecule has 1 heterocycles. The van der Waals surface area contributed by atoms with Crippen molar-refractivity contribution in [3.05, 3.63) is 61.9 Å². The summed E-state index contributed by atoms with van der Waals surface area (Å²) in [6.07, 6.45) is 1.47. The molecule has 0 atom stereocenters. The first-order valence-corrected chi connectivity index (χ1v) is 9.24. The molecule has 140 valence electrons. The van der Waals surface area contributed by atoms with E-state index in [-0.39, 0.29) is 23.7 Å². The number of amides is 3. The summed E-state index contributed by atoms with van der Waals surface area (Å²) in [5, 5.41) is 12.5. The van der Waals surface area contributed by atoms with Gasteiger partial charge in [-0.25, -0.2) is 9.18 Å². The number of phenols is 1. The maximum atomic E-state index is 13.0. The predicted octanol–water partition coefficient (Wildman–Crippen LogP) is 4.16. The lowest BCUT2D eigenvalue weighted by Crippen LogP contribution is -2.30. The minimum absolute atomic E-state index is 0.0199. The number of carbonyl (C=O) groups excluding carboxylic acids is 2. The van der Waals surface area contributed by atoms with Gasteiger partial charge >= 0.3 is 6.03 Å². The molecule has 0 spiro atoms. The molecule has 0 aromatic heterocycles. The normalized spacial score (nSPS) is 15.4. The van der Waals surface area contributed by atoms with Crippen LogP contribution < -0.4 is 10.1 Å². The third kappa shape index (κ3) is 3.84. The zero-order chi connectivity index (χ0) is 19.7. The standard InChI is InChI=1S/C18H13Br2FN2O4/c1-27-13-7-10(14(19)15(20)16(13)24)6-12-17(25)23(18(26)22-12)8-9-2-4-11(21)5-3-9/h2-7,24H,8H2,1H3,(H,22,26)/b12-6+. The van der Waals surface area contributed by atoms with Gasteiger partial charge in [0, 0.05) is 4.47 Å². The molecule has 27 heavy (non-hydrogen) atoms. The van der Waals surface area contributed by atoms with E-state index in [2.05, 4.69) is 37.2 Å². The van der Waals surface area contributed by atoms with E-state index in [0.29, 0.717) is 20.1 Å². The van der Waals surface area contributed by atoms with Crippen molar-refractivity contribution in [1.29, 1.82) is 0 Å². The number of aromatic hydroxyl groups is 1.